The molecule has 0 radical (unpaired) electrons. The van der Waals surface area contributed by atoms with E-state index in [2.05, 4.69) is 5.32 Å². The van der Waals surface area contributed by atoms with Crippen molar-refractivity contribution in [3.63, 3.8) is 0 Å². The number of amides is 1. The molecule has 1 amide bonds. The first kappa shape index (κ1) is 18.7. The Hall–Kier alpha value is -3.33. The van der Waals surface area contributed by atoms with Gasteiger partial charge >= 0.3 is 0 Å². The number of nitrogens with one attached hydrogen (secondary N) is 1. The van der Waals surface area contributed by atoms with Crippen LogP contribution in [0.4, 0.5) is 10.1 Å². The summed E-state index contributed by atoms with van der Waals surface area (Å²) in [6.45, 7) is 0.515. The highest BCUT2D eigenvalue weighted by molar-refractivity contribution is 7.99. The van der Waals surface area contributed by atoms with Crippen LogP contribution in [0.1, 0.15) is 0 Å². The van der Waals surface area contributed by atoms with Crippen LogP contribution in [-0.4, -0.2) is 32.9 Å². The number of aromatic nitrogens is 3. The molecule has 0 unspecified atom stereocenters. The van der Waals surface area contributed by atoms with Gasteiger partial charge in [0.05, 0.1) is 12.6 Å². The highest BCUT2D eigenvalue weighted by atomic mass is 32.2. The standard InChI is InChI=1S/C21H17FN4O3S/c1-29-14-6-7-16-15(10-14)18-19(20(28)25-8-9-30-21(25)24-18)26(16)11-17(27)23-13-4-2-12(22)3-5-13/h2-7,10H,8-9,11H2,1H3,(H,23,27). The summed E-state index contributed by atoms with van der Waals surface area (Å²) in [5.74, 6) is 0.735. The van der Waals surface area contributed by atoms with Crippen molar-refractivity contribution >= 4 is 45.3 Å². The first-order chi connectivity index (χ1) is 14.5. The number of thioether (sulfide) groups is 1. The molecule has 7 nitrogen and oxygen atoms in total. The van der Waals surface area contributed by atoms with Crippen LogP contribution in [0.15, 0.2) is 52.4 Å². The molecule has 3 heterocycles. The summed E-state index contributed by atoms with van der Waals surface area (Å²) in [7, 11) is 1.58. The SMILES string of the molecule is COc1ccc2c(c1)c1nc3n(c(=O)c1n2CC(=O)Nc1ccc(F)cc1)CCS3. The van der Waals surface area contributed by atoms with Gasteiger partial charge in [0.25, 0.3) is 5.56 Å². The summed E-state index contributed by atoms with van der Waals surface area (Å²) in [5, 5.41) is 4.19. The van der Waals surface area contributed by atoms with Crippen molar-refractivity contribution in [2.75, 3.05) is 18.2 Å². The molecule has 0 saturated carbocycles. The van der Waals surface area contributed by atoms with Gasteiger partial charge in [-0.05, 0) is 42.5 Å². The lowest BCUT2D eigenvalue weighted by molar-refractivity contribution is -0.116. The molecule has 152 valence electrons. The van der Waals surface area contributed by atoms with Crippen molar-refractivity contribution < 1.29 is 13.9 Å². The summed E-state index contributed by atoms with van der Waals surface area (Å²) in [4.78, 5) is 30.7. The number of hydrogen-bond donors (Lipinski definition) is 1. The van der Waals surface area contributed by atoms with Gasteiger partial charge in [-0.3, -0.25) is 14.2 Å². The molecule has 0 aliphatic carbocycles. The maximum Gasteiger partial charge on any atom is 0.278 e. The smallest absolute Gasteiger partial charge is 0.278 e. The highest BCUT2D eigenvalue weighted by Crippen LogP contribution is 2.32. The fraction of sp³-hybridized carbons (Fsp3) is 0.190. The summed E-state index contributed by atoms with van der Waals surface area (Å²) in [5.41, 5.74) is 1.99. The third-order valence-corrected chi connectivity index (χ3v) is 6.06. The molecule has 0 fully saturated rings. The minimum atomic E-state index is -0.379. The van der Waals surface area contributed by atoms with Gasteiger partial charge < -0.3 is 14.6 Å². The van der Waals surface area contributed by atoms with Crippen LogP contribution in [0.5, 0.6) is 5.75 Å². The Morgan fingerprint density at radius 2 is 2.07 bits per heavy atom. The van der Waals surface area contributed by atoms with Crippen molar-refractivity contribution in [3.05, 3.63) is 58.6 Å². The highest BCUT2D eigenvalue weighted by Gasteiger charge is 2.23. The number of rotatable bonds is 4. The predicted octanol–water partition coefficient (Wildman–Crippen LogP) is 3.24. The van der Waals surface area contributed by atoms with Crippen molar-refractivity contribution in [3.8, 4) is 5.75 Å². The van der Waals surface area contributed by atoms with E-state index < -0.39 is 0 Å². The molecule has 0 saturated heterocycles. The lowest BCUT2D eigenvalue weighted by atomic mass is 10.2. The zero-order chi connectivity index (χ0) is 20.8. The number of nitrogens with zero attached hydrogens (tertiary/aromatic N) is 3. The van der Waals surface area contributed by atoms with Crippen molar-refractivity contribution in [1.82, 2.24) is 14.1 Å². The van der Waals surface area contributed by atoms with E-state index in [1.165, 1.54) is 24.3 Å². The van der Waals surface area contributed by atoms with Crippen molar-refractivity contribution in [2.45, 2.75) is 18.2 Å². The maximum absolute atomic E-state index is 13.2. The summed E-state index contributed by atoms with van der Waals surface area (Å²) >= 11 is 1.54. The molecule has 9 heteroatoms. The fourth-order valence-corrected chi connectivity index (χ4v) is 4.66. The zero-order valence-electron chi connectivity index (χ0n) is 16.0. The average molecular weight is 424 g/mol. The molecule has 0 atom stereocenters. The Labute approximate surface area is 174 Å². The van der Waals surface area contributed by atoms with Gasteiger partial charge in [-0.1, -0.05) is 11.8 Å². The van der Waals surface area contributed by atoms with Crippen LogP contribution in [0.2, 0.25) is 0 Å². The molecule has 1 aliphatic rings. The second kappa shape index (κ2) is 7.17. The molecule has 1 aliphatic heterocycles. The predicted molar refractivity (Wildman–Crippen MR) is 114 cm³/mol. The van der Waals surface area contributed by atoms with Gasteiger partial charge in [-0.15, -0.1) is 0 Å². The maximum atomic E-state index is 13.2. The topological polar surface area (TPSA) is 78.2 Å². The third kappa shape index (κ3) is 3.02. The normalized spacial score (nSPS) is 13.0. The molecular weight excluding hydrogens is 407 g/mol. The largest absolute Gasteiger partial charge is 0.497 e. The summed E-state index contributed by atoms with van der Waals surface area (Å²) in [6, 6.07) is 11.0. The molecule has 5 rings (SSSR count). The monoisotopic (exact) mass is 424 g/mol. The number of halogens is 1. The molecular formula is C21H17FN4O3S. The Morgan fingerprint density at radius 1 is 1.27 bits per heavy atom. The van der Waals surface area contributed by atoms with E-state index in [-0.39, 0.29) is 23.8 Å². The van der Waals surface area contributed by atoms with Gasteiger partial charge in [-0.2, -0.15) is 0 Å². The number of anilines is 1. The summed E-state index contributed by atoms with van der Waals surface area (Å²) in [6.07, 6.45) is 0. The van der Waals surface area contributed by atoms with Crippen LogP contribution in [0.3, 0.4) is 0 Å². The van der Waals surface area contributed by atoms with Crippen LogP contribution in [0.25, 0.3) is 21.9 Å². The number of methoxy groups -OCH3 is 1. The van der Waals surface area contributed by atoms with E-state index in [0.29, 0.717) is 34.2 Å². The van der Waals surface area contributed by atoms with Gasteiger partial charge in [0, 0.05) is 23.4 Å². The van der Waals surface area contributed by atoms with E-state index in [9.17, 15) is 14.0 Å². The lowest BCUT2D eigenvalue weighted by Crippen LogP contribution is -2.25. The fourth-order valence-electron chi connectivity index (χ4n) is 3.72. The lowest BCUT2D eigenvalue weighted by Gasteiger charge is -2.09. The number of carbonyl (C=O) groups is 1. The molecule has 2 aromatic heterocycles. The van der Waals surface area contributed by atoms with Gasteiger partial charge in [0.15, 0.2) is 5.16 Å². The number of fused-ring (bicyclic) bond motifs is 4. The van der Waals surface area contributed by atoms with Gasteiger partial charge in [-0.25, -0.2) is 9.37 Å². The Bertz CT molecular complexity index is 1360. The van der Waals surface area contributed by atoms with Crippen LogP contribution >= 0.6 is 11.8 Å². The number of carbonyl (C=O) groups excluding carboxylic acids is 1. The van der Waals surface area contributed by atoms with E-state index in [4.69, 9.17) is 9.72 Å². The van der Waals surface area contributed by atoms with E-state index in [1.807, 2.05) is 12.1 Å². The second-order valence-corrected chi connectivity index (χ2v) is 7.98. The Kier molecular flexibility index (Phi) is 4.47. The molecule has 0 bridgehead atoms. The zero-order valence-corrected chi connectivity index (χ0v) is 16.8. The van der Waals surface area contributed by atoms with Crippen LogP contribution in [-0.2, 0) is 17.9 Å². The average Bonchev–Trinajstić information content (AvgIpc) is 3.33. The second-order valence-electron chi connectivity index (χ2n) is 6.92. The molecule has 2 aromatic carbocycles. The van der Waals surface area contributed by atoms with Crippen molar-refractivity contribution in [2.24, 2.45) is 0 Å². The quantitative estimate of drug-likeness (QED) is 0.509. The first-order valence-electron chi connectivity index (χ1n) is 9.34. The van der Waals surface area contributed by atoms with E-state index >= 15 is 0 Å². The minimum absolute atomic E-state index is 0.0763. The van der Waals surface area contributed by atoms with E-state index in [1.54, 1.807) is 34.1 Å². The van der Waals surface area contributed by atoms with Crippen molar-refractivity contribution in [1.29, 1.82) is 0 Å². The molecule has 0 spiro atoms. The molecule has 1 N–H and O–H groups in total. The van der Waals surface area contributed by atoms with Gasteiger partial charge in [0.2, 0.25) is 5.91 Å². The van der Waals surface area contributed by atoms with Crippen LogP contribution < -0.4 is 15.6 Å². The molecule has 4 aromatic rings. The Balaban J connectivity index is 1.65. The van der Waals surface area contributed by atoms with Crippen LogP contribution in [0, 0.1) is 5.82 Å². The summed E-state index contributed by atoms with van der Waals surface area (Å²) < 4.78 is 21.8. The first-order valence-corrected chi connectivity index (χ1v) is 10.3. The third-order valence-electron chi connectivity index (χ3n) is 5.11. The number of benzene rings is 2. The number of hydrogen-bond acceptors (Lipinski definition) is 5. The van der Waals surface area contributed by atoms with E-state index in [0.717, 1.165) is 16.7 Å². The van der Waals surface area contributed by atoms with Gasteiger partial charge in [0.1, 0.15) is 29.1 Å². The molecule has 30 heavy (non-hydrogen) atoms. The minimum Gasteiger partial charge on any atom is -0.497 e. The number of ether oxygens (including phenoxy) is 1. The Morgan fingerprint density at radius 3 is 2.83 bits per heavy atom.